The van der Waals surface area contributed by atoms with Crippen LogP contribution in [0.2, 0.25) is 0 Å². The fraction of sp³-hybridized carbons (Fsp3) is 0.538. The highest BCUT2D eigenvalue weighted by atomic mass is 14.9. The van der Waals surface area contributed by atoms with Gasteiger partial charge in [-0.05, 0) is 43.7 Å². The Morgan fingerprint density at radius 1 is 1.21 bits per heavy atom. The Balaban J connectivity index is 1.78. The molecule has 0 atom stereocenters. The molecule has 0 saturated heterocycles. The second kappa shape index (κ2) is 4.04. The maximum atomic E-state index is 3.49. The van der Waals surface area contributed by atoms with E-state index in [1.165, 1.54) is 24.1 Å². The molecule has 2 rings (SSSR count). The standard InChI is InChI=1S/C13H19N/c1-10-3-5-13(6-4-10)14-9-12-7-11(2)8-12/h3-6,11-12,14H,7-9H2,1-2H3. The van der Waals surface area contributed by atoms with Gasteiger partial charge in [-0.25, -0.2) is 0 Å². The molecule has 1 N–H and O–H groups in total. The Hall–Kier alpha value is -0.980. The van der Waals surface area contributed by atoms with Gasteiger partial charge in [0.25, 0.3) is 0 Å². The molecule has 0 aliphatic heterocycles. The molecule has 0 spiro atoms. The summed E-state index contributed by atoms with van der Waals surface area (Å²) in [5.41, 5.74) is 2.59. The first kappa shape index (κ1) is 9.57. The Bertz CT molecular complexity index is 283. The SMILES string of the molecule is Cc1ccc(NCC2CC(C)C2)cc1. The van der Waals surface area contributed by atoms with Gasteiger partial charge in [-0.2, -0.15) is 0 Å². The van der Waals surface area contributed by atoms with Gasteiger partial charge in [-0.15, -0.1) is 0 Å². The first-order valence-electron chi connectivity index (χ1n) is 5.54. The van der Waals surface area contributed by atoms with Gasteiger partial charge in [-0.1, -0.05) is 24.6 Å². The smallest absolute Gasteiger partial charge is 0.0340 e. The second-order valence-corrected chi connectivity index (χ2v) is 4.69. The van der Waals surface area contributed by atoms with Crippen molar-refractivity contribution in [3.05, 3.63) is 29.8 Å². The van der Waals surface area contributed by atoms with Crippen molar-refractivity contribution in [1.82, 2.24) is 0 Å². The van der Waals surface area contributed by atoms with Crippen LogP contribution in [0.15, 0.2) is 24.3 Å². The van der Waals surface area contributed by atoms with E-state index in [2.05, 4.69) is 43.4 Å². The van der Waals surface area contributed by atoms with Crippen LogP contribution in [0.3, 0.4) is 0 Å². The van der Waals surface area contributed by atoms with Crippen LogP contribution in [-0.2, 0) is 0 Å². The molecule has 0 heterocycles. The van der Waals surface area contributed by atoms with E-state index < -0.39 is 0 Å². The molecule has 0 aromatic heterocycles. The first-order valence-corrected chi connectivity index (χ1v) is 5.54. The molecule has 0 amide bonds. The number of anilines is 1. The number of aryl methyl sites for hydroxylation is 1. The average molecular weight is 189 g/mol. The average Bonchev–Trinajstić information content (AvgIpc) is 2.13. The zero-order valence-corrected chi connectivity index (χ0v) is 9.09. The Labute approximate surface area is 86.5 Å². The highest BCUT2D eigenvalue weighted by molar-refractivity contribution is 5.44. The monoisotopic (exact) mass is 189 g/mol. The Morgan fingerprint density at radius 2 is 1.86 bits per heavy atom. The lowest BCUT2D eigenvalue weighted by atomic mass is 9.76. The molecular formula is C13H19N. The number of hydrogen-bond acceptors (Lipinski definition) is 1. The molecule has 0 bridgehead atoms. The summed E-state index contributed by atoms with van der Waals surface area (Å²) in [4.78, 5) is 0. The van der Waals surface area contributed by atoms with Gasteiger partial charge in [-0.3, -0.25) is 0 Å². The fourth-order valence-electron chi connectivity index (χ4n) is 2.17. The highest BCUT2D eigenvalue weighted by Gasteiger charge is 2.24. The van der Waals surface area contributed by atoms with Crippen molar-refractivity contribution >= 4 is 5.69 Å². The van der Waals surface area contributed by atoms with E-state index in [9.17, 15) is 0 Å². The predicted octanol–water partition coefficient (Wildman–Crippen LogP) is 3.45. The molecule has 1 aromatic carbocycles. The third-order valence-corrected chi connectivity index (χ3v) is 3.12. The largest absolute Gasteiger partial charge is 0.385 e. The van der Waals surface area contributed by atoms with Gasteiger partial charge >= 0.3 is 0 Å². The van der Waals surface area contributed by atoms with Crippen molar-refractivity contribution in [2.45, 2.75) is 26.7 Å². The van der Waals surface area contributed by atoms with Crippen molar-refractivity contribution < 1.29 is 0 Å². The highest BCUT2D eigenvalue weighted by Crippen LogP contribution is 2.32. The lowest BCUT2D eigenvalue weighted by molar-refractivity contribution is 0.225. The summed E-state index contributed by atoms with van der Waals surface area (Å²) in [7, 11) is 0. The number of hydrogen-bond donors (Lipinski definition) is 1. The minimum Gasteiger partial charge on any atom is -0.385 e. The van der Waals surface area contributed by atoms with Gasteiger partial charge < -0.3 is 5.32 Å². The van der Waals surface area contributed by atoms with E-state index >= 15 is 0 Å². The minimum atomic E-state index is 0.909. The second-order valence-electron chi connectivity index (χ2n) is 4.69. The molecule has 1 nitrogen and oxygen atoms in total. The van der Waals surface area contributed by atoms with E-state index in [0.29, 0.717) is 0 Å². The van der Waals surface area contributed by atoms with Crippen LogP contribution >= 0.6 is 0 Å². The lowest BCUT2D eigenvalue weighted by Crippen LogP contribution is -2.27. The third-order valence-electron chi connectivity index (χ3n) is 3.12. The zero-order valence-electron chi connectivity index (χ0n) is 9.09. The Kier molecular flexibility index (Phi) is 2.76. The van der Waals surface area contributed by atoms with Crippen LogP contribution in [0.1, 0.15) is 25.3 Å². The summed E-state index contributed by atoms with van der Waals surface area (Å²) >= 11 is 0. The van der Waals surface area contributed by atoms with Gasteiger partial charge in [0.2, 0.25) is 0 Å². The van der Waals surface area contributed by atoms with Crippen molar-refractivity contribution in [2.24, 2.45) is 11.8 Å². The lowest BCUT2D eigenvalue weighted by Gasteiger charge is -2.33. The van der Waals surface area contributed by atoms with Crippen molar-refractivity contribution in [3.63, 3.8) is 0 Å². The van der Waals surface area contributed by atoms with E-state index in [1.807, 2.05) is 0 Å². The van der Waals surface area contributed by atoms with Crippen LogP contribution < -0.4 is 5.32 Å². The van der Waals surface area contributed by atoms with Crippen molar-refractivity contribution in [3.8, 4) is 0 Å². The minimum absolute atomic E-state index is 0.909. The van der Waals surface area contributed by atoms with E-state index in [4.69, 9.17) is 0 Å². The first-order chi connectivity index (χ1) is 6.74. The normalized spacial score (nSPS) is 25.6. The molecule has 1 fully saturated rings. The molecular weight excluding hydrogens is 170 g/mol. The molecule has 1 heteroatoms. The van der Waals surface area contributed by atoms with Crippen molar-refractivity contribution in [1.29, 1.82) is 0 Å². The maximum Gasteiger partial charge on any atom is 0.0340 e. The zero-order chi connectivity index (χ0) is 9.97. The summed E-state index contributed by atoms with van der Waals surface area (Å²) in [6, 6.07) is 8.65. The molecule has 1 aliphatic rings. The topological polar surface area (TPSA) is 12.0 Å². The van der Waals surface area contributed by atoms with Gasteiger partial charge in [0.05, 0.1) is 0 Å². The summed E-state index contributed by atoms with van der Waals surface area (Å²) in [5, 5.41) is 3.49. The van der Waals surface area contributed by atoms with Crippen LogP contribution in [0.5, 0.6) is 0 Å². The van der Waals surface area contributed by atoms with Crippen LogP contribution in [0, 0.1) is 18.8 Å². The molecule has 0 unspecified atom stereocenters. The molecule has 1 saturated carbocycles. The van der Waals surface area contributed by atoms with Crippen LogP contribution in [-0.4, -0.2) is 6.54 Å². The molecule has 0 radical (unpaired) electrons. The Morgan fingerprint density at radius 3 is 2.43 bits per heavy atom. The van der Waals surface area contributed by atoms with E-state index in [-0.39, 0.29) is 0 Å². The number of rotatable bonds is 3. The fourth-order valence-corrected chi connectivity index (χ4v) is 2.17. The van der Waals surface area contributed by atoms with Crippen LogP contribution in [0.25, 0.3) is 0 Å². The van der Waals surface area contributed by atoms with E-state index in [1.54, 1.807) is 0 Å². The molecule has 76 valence electrons. The van der Waals surface area contributed by atoms with Crippen molar-refractivity contribution in [2.75, 3.05) is 11.9 Å². The molecule has 14 heavy (non-hydrogen) atoms. The van der Waals surface area contributed by atoms with Crippen LogP contribution in [0.4, 0.5) is 5.69 Å². The number of benzene rings is 1. The predicted molar refractivity (Wildman–Crippen MR) is 61.6 cm³/mol. The van der Waals surface area contributed by atoms with Gasteiger partial charge in [0.1, 0.15) is 0 Å². The summed E-state index contributed by atoms with van der Waals surface area (Å²) < 4.78 is 0. The molecule has 1 aliphatic carbocycles. The summed E-state index contributed by atoms with van der Waals surface area (Å²) in [6.45, 7) is 5.60. The molecule has 1 aromatic rings. The quantitative estimate of drug-likeness (QED) is 0.768. The van der Waals surface area contributed by atoms with Gasteiger partial charge in [0, 0.05) is 12.2 Å². The third kappa shape index (κ3) is 2.28. The van der Waals surface area contributed by atoms with Gasteiger partial charge in [0.15, 0.2) is 0 Å². The summed E-state index contributed by atoms with van der Waals surface area (Å²) in [5.74, 6) is 1.87. The summed E-state index contributed by atoms with van der Waals surface area (Å²) in [6.07, 6.45) is 2.80. The maximum absolute atomic E-state index is 3.49. The number of nitrogens with one attached hydrogen (secondary N) is 1. The van der Waals surface area contributed by atoms with E-state index in [0.717, 1.165) is 18.4 Å².